The lowest BCUT2D eigenvalue weighted by Gasteiger charge is -2.35. The lowest BCUT2D eigenvalue weighted by Crippen LogP contribution is -2.38. The van der Waals surface area contributed by atoms with Crippen molar-refractivity contribution >= 4 is 11.7 Å². The summed E-state index contributed by atoms with van der Waals surface area (Å²) >= 11 is 0. The first-order valence-corrected chi connectivity index (χ1v) is 10.6. The van der Waals surface area contributed by atoms with Crippen molar-refractivity contribution in [3.63, 3.8) is 0 Å². The SMILES string of the molecule is CC(=O)N1CCCCC1c1nc2c(c(NCCc3ccccn3)n1)CCN(C)C2. The van der Waals surface area contributed by atoms with Crippen molar-refractivity contribution < 1.29 is 4.79 Å². The van der Waals surface area contributed by atoms with E-state index < -0.39 is 0 Å². The molecular weight excluding hydrogens is 364 g/mol. The van der Waals surface area contributed by atoms with Gasteiger partial charge >= 0.3 is 0 Å². The molecule has 2 aromatic heterocycles. The minimum absolute atomic E-state index is 0.0184. The summed E-state index contributed by atoms with van der Waals surface area (Å²) in [5.74, 6) is 1.83. The number of hydrogen-bond acceptors (Lipinski definition) is 6. The molecule has 1 amide bonds. The first-order chi connectivity index (χ1) is 14.1. The molecule has 154 valence electrons. The topological polar surface area (TPSA) is 74.2 Å². The molecule has 0 bridgehead atoms. The Kier molecular flexibility index (Phi) is 6.04. The standard InChI is InChI=1S/C22H30N6O/c1-16(29)28-13-6-4-8-20(28)22-25-19-15-27(2)14-10-18(19)21(26-22)24-12-9-17-7-3-5-11-23-17/h3,5,7,11,20H,4,6,8-10,12-15H2,1-2H3,(H,24,25,26). The largest absolute Gasteiger partial charge is 0.369 e. The maximum absolute atomic E-state index is 12.2. The van der Waals surface area contributed by atoms with Gasteiger partial charge in [0.25, 0.3) is 0 Å². The highest BCUT2D eigenvalue weighted by Crippen LogP contribution is 2.32. The van der Waals surface area contributed by atoms with Gasteiger partial charge in [0.1, 0.15) is 5.82 Å². The van der Waals surface area contributed by atoms with Crippen LogP contribution in [-0.4, -0.2) is 57.3 Å². The van der Waals surface area contributed by atoms with Gasteiger partial charge in [0, 0.05) is 57.0 Å². The molecular formula is C22H30N6O. The van der Waals surface area contributed by atoms with Gasteiger partial charge in [-0.3, -0.25) is 9.78 Å². The van der Waals surface area contributed by atoms with E-state index >= 15 is 0 Å². The molecule has 0 aromatic carbocycles. The molecule has 2 aromatic rings. The van der Waals surface area contributed by atoms with Crippen LogP contribution in [0.3, 0.4) is 0 Å². The van der Waals surface area contributed by atoms with Crippen LogP contribution in [0.5, 0.6) is 0 Å². The Balaban J connectivity index is 1.60. The van der Waals surface area contributed by atoms with Gasteiger partial charge in [0.05, 0.1) is 11.7 Å². The number of pyridine rings is 1. The van der Waals surface area contributed by atoms with E-state index in [-0.39, 0.29) is 11.9 Å². The maximum atomic E-state index is 12.2. The van der Waals surface area contributed by atoms with E-state index in [0.29, 0.717) is 0 Å². The molecule has 0 aliphatic carbocycles. The summed E-state index contributed by atoms with van der Waals surface area (Å²) in [5, 5.41) is 3.55. The molecule has 29 heavy (non-hydrogen) atoms. The summed E-state index contributed by atoms with van der Waals surface area (Å²) in [5.41, 5.74) is 3.38. The van der Waals surface area contributed by atoms with Gasteiger partial charge < -0.3 is 15.1 Å². The molecule has 4 rings (SSSR count). The van der Waals surface area contributed by atoms with E-state index in [1.54, 1.807) is 6.92 Å². The quantitative estimate of drug-likeness (QED) is 0.840. The average molecular weight is 395 g/mol. The molecule has 7 heteroatoms. The summed E-state index contributed by atoms with van der Waals surface area (Å²) in [7, 11) is 2.13. The van der Waals surface area contributed by atoms with Crippen molar-refractivity contribution in [1.82, 2.24) is 24.8 Å². The van der Waals surface area contributed by atoms with Gasteiger partial charge in [-0.1, -0.05) is 6.07 Å². The molecule has 0 radical (unpaired) electrons. The van der Waals surface area contributed by atoms with E-state index in [2.05, 4.69) is 22.2 Å². The van der Waals surface area contributed by atoms with Crippen LogP contribution in [0.25, 0.3) is 0 Å². The van der Waals surface area contributed by atoms with Gasteiger partial charge in [-0.15, -0.1) is 0 Å². The predicted molar refractivity (Wildman–Crippen MR) is 112 cm³/mol. The molecule has 1 N–H and O–H groups in total. The Labute approximate surface area is 172 Å². The van der Waals surface area contributed by atoms with Gasteiger partial charge in [0.15, 0.2) is 5.82 Å². The third-order valence-corrected chi connectivity index (χ3v) is 5.88. The van der Waals surface area contributed by atoms with Crippen LogP contribution in [0.2, 0.25) is 0 Å². The minimum atomic E-state index is -0.0184. The molecule has 2 aliphatic heterocycles. The summed E-state index contributed by atoms with van der Waals surface area (Å²) in [6.45, 7) is 5.05. The number of nitrogens with zero attached hydrogens (tertiary/aromatic N) is 5. The van der Waals surface area contributed by atoms with Crippen molar-refractivity contribution in [2.75, 3.05) is 32.0 Å². The molecule has 1 saturated heterocycles. The predicted octanol–water partition coefficient (Wildman–Crippen LogP) is 2.59. The molecule has 0 spiro atoms. The molecule has 1 atom stereocenters. The Morgan fingerprint density at radius 3 is 2.93 bits per heavy atom. The number of piperidine rings is 1. The number of rotatable bonds is 5. The maximum Gasteiger partial charge on any atom is 0.220 e. The fourth-order valence-corrected chi connectivity index (χ4v) is 4.31. The zero-order chi connectivity index (χ0) is 20.2. The van der Waals surface area contributed by atoms with Crippen LogP contribution in [-0.2, 0) is 24.2 Å². The second-order valence-corrected chi connectivity index (χ2v) is 8.07. The summed E-state index contributed by atoms with van der Waals surface area (Å²) in [6, 6.07) is 5.98. The lowest BCUT2D eigenvalue weighted by atomic mass is 10.00. The van der Waals surface area contributed by atoms with Crippen LogP contribution in [0.15, 0.2) is 24.4 Å². The zero-order valence-electron chi connectivity index (χ0n) is 17.4. The Hall–Kier alpha value is -2.54. The number of carbonyl (C=O) groups is 1. The second kappa shape index (κ2) is 8.86. The van der Waals surface area contributed by atoms with Crippen molar-refractivity contribution in [2.45, 2.75) is 51.6 Å². The smallest absolute Gasteiger partial charge is 0.220 e. The lowest BCUT2D eigenvalue weighted by molar-refractivity contribution is -0.132. The Morgan fingerprint density at radius 2 is 2.14 bits per heavy atom. The van der Waals surface area contributed by atoms with E-state index in [1.807, 2.05) is 29.3 Å². The van der Waals surface area contributed by atoms with Gasteiger partial charge in [-0.25, -0.2) is 9.97 Å². The van der Waals surface area contributed by atoms with Crippen LogP contribution >= 0.6 is 0 Å². The van der Waals surface area contributed by atoms with Gasteiger partial charge in [-0.2, -0.15) is 0 Å². The molecule has 1 unspecified atom stereocenters. The summed E-state index contributed by atoms with van der Waals surface area (Å²) in [6.07, 6.45) is 6.71. The van der Waals surface area contributed by atoms with Crippen LogP contribution < -0.4 is 5.32 Å². The van der Waals surface area contributed by atoms with Gasteiger partial charge in [-0.05, 0) is 44.9 Å². The van der Waals surface area contributed by atoms with Crippen LogP contribution in [0, 0.1) is 0 Å². The number of anilines is 1. The first-order valence-electron chi connectivity index (χ1n) is 10.6. The van der Waals surface area contributed by atoms with Crippen molar-refractivity contribution in [3.05, 3.63) is 47.2 Å². The molecule has 4 heterocycles. The minimum Gasteiger partial charge on any atom is -0.369 e. The van der Waals surface area contributed by atoms with E-state index in [1.165, 1.54) is 5.56 Å². The number of likely N-dealkylation sites (N-methyl/N-ethyl adjacent to an activating group) is 1. The summed E-state index contributed by atoms with van der Waals surface area (Å²) in [4.78, 5) is 30.7. The van der Waals surface area contributed by atoms with Crippen molar-refractivity contribution in [2.24, 2.45) is 0 Å². The number of fused-ring (bicyclic) bond motifs is 1. The van der Waals surface area contributed by atoms with E-state index in [4.69, 9.17) is 9.97 Å². The van der Waals surface area contributed by atoms with E-state index in [9.17, 15) is 4.79 Å². The number of amides is 1. The highest BCUT2D eigenvalue weighted by Gasteiger charge is 2.30. The van der Waals surface area contributed by atoms with E-state index in [0.717, 1.165) is 81.3 Å². The summed E-state index contributed by atoms with van der Waals surface area (Å²) < 4.78 is 0. The fourth-order valence-electron chi connectivity index (χ4n) is 4.31. The molecule has 1 fully saturated rings. The number of carbonyl (C=O) groups excluding carboxylic acids is 1. The third-order valence-electron chi connectivity index (χ3n) is 5.88. The molecule has 7 nitrogen and oxygen atoms in total. The Bertz CT molecular complexity index is 856. The first kappa shape index (κ1) is 19.8. The number of hydrogen-bond donors (Lipinski definition) is 1. The number of aromatic nitrogens is 3. The average Bonchev–Trinajstić information content (AvgIpc) is 2.74. The highest BCUT2D eigenvalue weighted by atomic mass is 16.2. The second-order valence-electron chi connectivity index (χ2n) is 8.07. The van der Waals surface area contributed by atoms with Crippen molar-refractivity contribution in [1.29, 1.82) is 0 Å². The zero-order valence-corrected chi connectivity index (χ0v) is 17.4. The van der Waals surface area contributed by atoms with Crippen molar-refractivity contribution in [3.8, 4) is 0 Å². The van der Waals surface area contributed by atoms with Crippen LogP contribution in [0.1, 0.15) is 55.0 Å². The number of nitrogens with one attached hydrogen (secondary N) is 1. The van der Waals surface area contributed by atoms with Gasteiger partial charge in [0.2, 0.25) is 5.91 Å². The normalized spacial score (nSPS) is 19.7. The molecule has 0 saturated carbocycles. The highest BCUT2D eigenvalue weighted by molar-refractivity contribution is 5.73. The third kappa shape index (κ3) is 4.56. The Morgan fingerprint density at radius 1 is 1.24 bits per heavy atom. The molecule has 2 aliphatic rings. The van der Waals surface area contributed by atoms with Crippen LogP contribution in [0.4, 0.5) is 5.82 Å². The number of likely N-dealkylation sites (tertiary alicyclic amines) is 1. The monoisotopic (exact) mass is 394 g/mol. The fraction of sp³-hybridized carbons (Fsp3) is 0.545.